The second kappa shape index (κ2) is 13.3. The molecule has 2 heterocycles. The predicted molar refractivity (Wildman–Crippen MR) is 159 cm³/mol. The van der Waals surface area contributed by atoms with Gasteiger partial charge in [0.05, 0.1) is 13.0 Å². The summed E-state index contributed by atoms with van der Waals surface area (Å²) >= 11 is 0. The summed E-state index contributed by atoms with van der Waals surface area (Å²) in [5.41, 5.74) is -1.86. The minimum Gasteiger partial charge on any atom is -0.461 e. The number of nitrogens with zero attached hydrogens (tertiary/aromatic N) is 1. The number of carbonyl (C=O) groups excluding carboxylic acids is 3. The number of hydrogen-bond donors (Lipinski definition) is 3. The molecule has 1 saturated carbocycles. The van der Waals surface area contributed by atoms with Crippen molar-refractivity contribution in [1.82, 2.24) is 9.99 Å². The molecule has 2 aromatic rings. The van der Waals surface area contributed by atoms with E-state index < -0.39 is 68.5 Å². The number of carbonyl (C=O) groups is 3. The molecule has 0 spiro atoms. The Morgan fingerprint density at radius 3 is 2.64 bits per heavy atom. The normalized spacial score (nSPS) is 28.1. The minimum absolute atomic E-state index is 0.207. The van der Waals surface area contributed by atoms with Gasteiger partial charge in [-0.1, -0.05) is 48.9 Å². The molecule has 6 atom stereocenters. The number of benzene rings is 2. The lowest BCUT2D eigenvalue weighted by molar-refractivity contribution is -0.153. The van der Waals surface area contributed by atoms with Crippen molar-refractivity contribution in [2.45, 2.75) is 81.6 Å². The predicted octanol–water partition coefficient (Wildman–Crippen LogP) is 3.52. The van der Waals surface area contributed by atoms with E-state index in [0.29, 0.717) is 5.39 Å². The van der Waals surface area contributed by atoms with Gasteiger partial charge in [0.1, 0.15) is 35.7 Å². The SMILES string of the molecule is C=C[C@]1(COP(=O)(N[C@@H](C)C(=O)OC2CCCCC2)Oc2cccc3ccccc23)O[C@@H](N2C=CC(=O)CC2=O)[C@H](O)[C@@H]1O. The summed E-state index contributed by atoms with van der Waals surface area (Å²) in [6, 6.07) is 11.3. The maximum absolute atomic E-state index is 14.4. The van der Waals surface area contributed by atoms with Crippen molar-refractivity contribution in [1.29, 1.82) is 0 Å². The summed E-state index contributed by atoms with van der Waals surface area (Å²) in [5, 5.41) is 26.0. The second-order valence-electron chi connectivity index (χ2n) is 11.2. The van der Waals surface area contributed by atoms with Crippen molar-refractivity contribution in [3.63, 3.8) is 0 Å². The first kappa shape index (κ1) is 32.0. The molecule has 236 valence electrons. The number of rotatable bonds is 11. The molecule has 1 saturated heterocycles. The molecular formula is C31H37N2O10P. The lowest BCUT2D eigenvalue weighted by Gasteiger charge is -2.32. The van der Waals surface area contributed by atoms with Crippen LogP contribution in [0.5, 0.6) is 5.75 Å². The number of ether oxygens (including phenoxy) is 2. The Morgan fingerprint density at radius 1 is 1.18 bits per heavy atom. The highest BCUT2D eigenvalue weighted by molar-refractivity contribution is 7.52. The number of nitrogens with one attached hydrogen (secondary N) is 1. The first-order valence-corrected chi connectivity index (χ1v) is 16.2. The standard InChI is InChI=1S/C31H37N2O10P/c1-3-31(28(37)27(36)29(42-31)33-17-16-22(34)18-26(33)35)19-40-44(39,32-20(2)30(38)41-23-12-5-4-6-13-23)43-25-15-9-11-21-10-7-8-14-24(21)25/h3,7-11,14-17,20,23,27-29,36-37H,1,4-6,12-13,18-19H2,2H3,(H,32,39)/t20-,27+,28-,29+,31+,44?/m0/s1. The van der Waals surface area contributed by atoms with E-state index in [1.165, 1.54) is 19.2 Å². The van der Waals surface area contributed by atoms with Crippen molar-refractivity contribution < 1.29 is 47.7 Å². The molecule has 2 aliphatic heterocycles. The highest BCUT2D eigenvalue weighted by atomic mass is 31.2. The molecule has 5 rings (SSSR count). The Bertz CT molecular complexity index is 1490. The summed E-state index contributed by atoms with van der Waals surface area (Å²) < 4.78 is 37.8. The molecule has 3 N–H and O–H groups in total. The van der Waals surface area contributed by atoms with Crippen LogP contribution >= 0.6 is 7.75 Å². The third-order valence-corrected chi connectivity index (χ3v) is 9.69. The van der Waals surface area contributed by atoms with Gasteiger partial charge in [-0.05, 0) is 50.1 Å². The zero-order chi connectivity index (χ0) is 31.5. The average molecular weight is 629 g/mol. The van der Waals surface area contributed by atoms with E-state index in [-0.39, 0.29) is 11.9 Å². The third kappa shape index (κ3) is 6.81. The quantitative estimate of drug-likeness (QED) is 0.145. The Labute approximate surface area is 255 Å². The summed E-state index contributed by atoms with van der Waals surface area (Å²) in [7, 11) is -4.45. The Hall–Kier alpha value is -3.38. The average Bonchev–Trinajstić information content (AvgIpc) is 3.26. The molecule has 12 nitrogen and oxygen atoms in total. The van der Waals surface area contributed by atoms with Gasteiger partial charge in [-0.3, -0.25) is 23.8 Å². The van der Waals surface area contributed by atoms with E-state index in [1.807, 2.05) is 18.2 Å². The van der Waals surface area contributed by atoms with E-state index in [2.05, 4.69) is 11.7 Å². The maximum atomic E-state index is 14.4. The summed E-state index contributed by atoms with van der Waals surface area (Å²) in [4.78, 5) is 38.2. The van der Waals surface area contributed by atoms with Crippen LogP contribution in [0.1, 0.15) is 45.4 Å². The summed E-state index contributed by atoms with van der Waals surface area (Å²) in [6.07, 6.45) is 2.66. The molecule has 0 radical (unpaired) electrons. The number of aliphatic hydroxyl groups excluding tert-OH is 2. The van der Waals surface area contributed by atoms with E-state index in [1.54, 1.807) is 24.3 Å². The first-order chi connectivity index (χ1) is 21.0. The largest absolute Gasteiger partial charge is 0.461 e. The Morgan fingerprint density at radius 2 is 1.91 bits per heavy atom. The van der Waals surface area contributed by atoms with Gasteiger partial charge in [0, 0.05) is 11.6 Å². The molecule has 2 aromatic carbocycles. The molecule has 13 heteroatoms. The lowest BCUT2D eigenvalue weighted by Crippen LogP contribution is -2.46. The summed E-state index contributed by atoms with van der Waals surface area (Å²) in [5.74, 6) is -1.46. The molecule has 0 aromatic heterocycles. The van der Waals surface area contributed by atoms with E-state index in [4.69, 9.17) is 18.5 Å². The maximum Gasteiger partial charge on any atom is 0.459 e. The van der Waals surface area contributed by atoms with Crippen molar-refractivity contribution in [3.8, 4) is 5.75 Å². The number of esters is 1. The van der Waals surface area contributed by atoms with Crippen LogP contribution in [-0.4, -0.2) is 75.6 Å². The summed E-state index contributed by atoms with van der Waals surface area (Å²) in [6.45, 7) is 4.54. The van der Waals surface area contributed by atoms with Gasteiger partial charge in [-0.15, -0.1) is 6.58 Å². The van der Waals surface area contributed by atoms with Crippen molar-refractivity contribution >= 4 is 36.2 Å². The zero-order valence-corrected chi connectivity index (χ0v) is 25.3. The minimum atomic E-state index is -4.45. The Balaban J connectivity index is 1.39. The van der Waals surface area contributed by atoms with Crippen LogP contribution in [0, 0.1) is 0 Å². The van der Waals surface area contributed by atoms with Gasteiger partial charge in [0.2, 0.25) is 5.91 Å². The van der Waals surface area contributed by atoms with E-state index in [0.717, 1.165) is 48.5 Å². The van der Waals surface area contributed by atoms with Crippen LogP contribution in [0.3, 0.4) is 0 Å². The van der Waals surface area contributed by atoms with Gasteiger partial charge in [-0.2, -0.15) is 5.09 Å². The third-order valence-electron chi connectivity index (χ3n) is 8.08. The van der Waals surface area contributed by atoms with Gasteiger partial charge < -0.3 is 24.2 Å². The number of allylic oxidation sites excluding steroid dienone is 1. The van der Waals surface area contributed by atoms with Crippen LogP contribution in [0.4, 0.5) is 0 Å². The van der Waals surface area contributed by atoms with Gasteiger partial charge in [-0.25, -0.2) is 4.57 Å². The van der Waals surface area contributed by atoms with Gasteiger partial charge in [0.25, 0.3) is 0 Å². The van der Waals surface area contributed by atoms with Crippen LogP contribution in [-0.2, 0) is 32.9 Å². The second-order valence-corrected chi connectivity index (χ2v) is 12.9. The van der Waals surface area contributed by atoms with Crippen LogP contribution < -0.4 is 9.61 Å². The zero-order valence-electron chi connectivity index (χ0n) is 24.4. The van der Waals surface area contributed by atoms with Crippen LogP contribution in [0.15, 0.2) is 67.4 Å². The molecule has 44 heavy (non-hydrogen) atoms. The highest BCUT2D eigenvalue weighted by Crippen LogP contribution is 2.49. The van der Waals surface area contributed by atoms with E-state index in [9.17, 15) is 29.2 Å². The Kier molecular flexibility index (Phi) is 9.69. The fourth-order valence-electron chi connectivity index (χ4n) is 5.57. The van der Waals surface area contributed by atoms with Gasteiger partial charge >= 0.3 is 13.7 Å². The number of aliphatic hydroxyl groups is 2. The monoisotopic (exact) mass is 628 g/mol. The van der Waals surface area contributed by atoms with Crippen LogP contribution in [0.2, 0.25) is 0 Å². The number of ketones is 1. The van der Waals surface area contributed by atoms with Crippen molar-refractivity contribution in [2.75, 3.05) is 6.61 Å². The van der Waals surface area contributed by atoms with Crippen molar-refractivity contribution in [2.24, 2.45) is 0 Å². The number of hydrogen-bond acceptors (Lipinski definition) is 10. The number of fused-ring (bicyclic) bond motifs is 1. The molecule has 3 aliphatic rings. The number of amides is 1. The van der Waals surface area contributed by atoms with Gasteiger partial charge in [0.15, 0.2) is 12.0 Å². The smallest absolute Gasteiger partial charge is 0.459 e. The molecule has 1 aliphatic carbocycles. The molecule has 0 bridgehead atoms. The van der Waals surface area contributed by atoms with Crippen LogP contribution in [0.25, 0.3) is 10.8 Å². The molecule has 1 unspecified atom stereocenters. The highest BCUT2D eigenvalue weighted by Gasteiger charge is 2.56. The molecule has 1 amide bonds. The lowest BCUT2D eigenvalue weighted by atomic mass is 9.96. The van der Waals surface area contributed by atoms with Crippen molar-refractivity contribution in [3.05, 3.63) is 67.4 Å². The first-order valence-electron chi connectivity index (χ1n) is 14.6. The topological polar surface area (TPSA) is 161 Å². The fourth-order valence-corrected chi connectivity index (χ4v) is 7.12. The fraction of sp³-hybridized carbons (Fsp3) is 0.452. The molecule has 2 fully saturated rings. The van der Waals surface area contributed by atoms with E-state index >= 15 is 0 Å². The molecular weight excluding hydrogens is 591 g/mol.